The highest BCUT2D eigenvalue weighted by atomic mass is 16.3. The van der Waals surface area contributed by atoms with E-state index < -0.39 is 6.10 Å². The number of aliphatic hydroxyl groups excluding tert-OH is 1. The average molecular weight is 353 g/mol. The van der Waals surface area contributed by atoms with Crippen molar-refractivity contribution in [2.45, 2.75) is 25.4 Å². The molecule has 0 radical (unpaired) electrons. The molecule has 0 saturated carbocycles. The van der Waals surface area contributed by atoms with E-state index in [9.17, 15) is 9.90 Å². The van der Waals surface area contributed by atoms with Gasteiger partial charge in [0.15, 0.2) is 0 Å². The number of hydrogen-bond acceptors (Lipinski definition) is 4. The maximum absolute atomic E-state index is 12.8. The number of aromatic nitrogens is 1. The molecule has 2 fully saturated rings. The Morgan fingerprint density at radius 3 is 2.77 bits per heavy atom. The molecule has 26 heavy (non-hydrogen) atoms. The number of rotatable bonds is 3. The molecule has 2 aliphatic rings. The van der Waals surface area contributed by atoms with Crippen molar-refractivity contribution in [3.8, 4) is 0 Å². The van der Waals surface area contributed by atoms with Crippen LogP contribution in [0.25, 0.3) is 10.9 Å². The predicted molar refractivity (Wildman–Crippen MR) is 102 cm³/mol. The van der Waals surface area contributed by atoms with Gasteiger partial charge in [-0.2, -0.15) is 0 Å². The van der Waals surface area contributed by atoms with Gasteiger partial charge in [-0.3, -0.25) is 9.78 Å². The number of benzene rings is 1. The Balaban J connectivity index is 1.44. The minimum atomic E-state index is -0.447. The Labute approximate surface area is 154 Å². The van der Waals surface area contributed by atoms with Gasteiger partial charge < -0.3 is 14.9 Å². The van der Waals surface area contributed by atoms with E-state index in [4.69, 9.17) is 0 Å². The third kappa shape index (κ3) is 3.46. The van der Waals surface area contributed by atoms with Crippen molar-refractivity contribution in [2.24, 2.45) is 11.8 Å². The highest BCUT2D eigenvalue weighted by Gasteiger charge is 2.37. The van der Waals surface area contributed by atoms with Crippen LogP contribution in [0, 0.1) is 11.8 Å². The first-order chi connectivity index (χ1) is 12.6. The van der Waals surface area contributed by atoms with Gasteiger partial charge in [0.2, 0.25) is 5.91 Å². The van der Waals surface area contributed by atoms with Crippen LogP contribution in [0.3, 0.4) is 0 Å². The smallest absolute Gasteiger partial charge is 0.225 e. The largest absolute Gasteiger partial charge is 0.391 e. The van der Waals surface area contributed by atoms with Crippen molar-refractivity contribution in [1.29, 1.82) is 0 Å². The molecular weight excluding hydrogens is 326 g/mol. The van der Waals surface area contributed by atoms with E-state index >= 15 is 0 Å². The maximum atomic E-state index is 12.8. The predicted octanol–water partition coefficient (Wildman–Crippen LogP) is 1.94. The first-order valence-electron chi connectivity index (χ1n) is 9.60. The second kappa shape index (κ2) is 7.33. The molecule has 0 unspecified atom stereocenters. The van der Waals surface area contributed by atoms with Crippen LogP contribution < -0.4 is 0 Å². The number of likely N-dealkylation sites (tertiary alicyclic amines) is 2. The molecule has 2 aromatic rings. The molecule has 1 N–H and O–H groups in total. The number of aliphatic hydroxyl groups is 1. The fourth-order valence-corrected chi connectivity index (χ4v) is 4.36. The minimum absolute atomic E-state index is 0.0935. The van der Waals surface area contributed by atoms with Gasteiger partial charge in [-0.1, -0.05) is 18.2 Å². The molecule has 1 aromatic heterocycles. The van der Waals surface area contributed by atoms with Crippen LogP contribution in [0.2, 0.25) is 0 Å². The van der Waals surface area contributed by atoms with Gasteiger partial charge in [-0.05, 0) is 57.1 Å². The zero-order valence-corrected chi connectivity index (χ0v) is 15.3. The standard InChI is InChI=1S/C21H27N3O2/c1-23-10-7-15(8-11-23)21(26)24-13-17(20(25)14-24)12-16-6-9-22-19-5-3-2-4-18(16)19/h2-6,9,15,17,20,25H,7-8,10-14H2,1H3/t17-,20-/m1/s1. The van der Waals surface area contributed by atoms with Gasteiger partial charge in [0, 0.05) is 36.5 Å². The lowest BCUT2D eigenvalue weighted by Gasteiger charge is -2.30. The minimum Gasteiger partial charge on any atom is -0.391 e. The Hall–Kier alpha value is -1.98. The highest BCUT2D eigenvalue weighted by molar-refractivity contribution is 5.82. The summed E-state index contributed by atoms with van der Waals surface area (Å²) in [6.45, 7) is 3.10. The summed E-state index contributed by atoms with van der Waals surface area (Å²) in [5, 5.41) is 11.7. The molecular formula is C21H27N3O2. The second-order valence-electron chi connectivity index (χ2n) is 7.84. The number of piperidine rings is 1. The molecule has 5 heteroatoms. The highest BCUT2D eigenvalue weighted by Crippen LogP contribution is 2.28. The zero-order chi connectivity index (χ0) is 18.1. The van der Waals surface area contributed by atoms with E-state index in [0.717, 1.165) is 43.3 Å². The summed E-state index contributed by atoms with van der Waals surface area (Å²) >= 11 is 0. The lowest BCUT2D eigenvalue weighted by molar-refractivity contribution is -0.136. The quantitative estimate of drug-likeness (QED) is 0.916. The molecule has 1 aromatic carbocycles. The Bertz CT molecular complexity index is 780. The third-order valence-corrected chi connectivity index (χ3v) is 6.01. The molecule has 2 atom stereocenters. The van der Waals surface area contributed by atoms with Crippen LogP contribution >= 0.6 is 0 Å². The Kier molecular flexibility index (Phi) is 4.92. The third-order valence-electron chi connectivity index (χ3n) is 6.01. The van der Waals surface area contributed by atoms with Crippen molar-refractivity contribution in [3.63, 3.8) is 0 Å². The molecule has 0 aliphatic carbocycles. The Morgan fingerprint density at radius 2 is 1.96 bits per heavy atom. The van der Waals surface area contributed by atoms with Gasteiger partial charge in [0.1, 0.15) is 0 Å². The zero-order valence-electron chi connectivity index (χ0n) is 15.3. The van der Waals surface area contributed by atoms with E-state index in [1.165, 1.54) is 5.56 Å². The topological polar surface area (TPSA) is 56.7 Å². The molecule has 3 heterocycles. The lowest BCUT2D eigenvalue weighted by Crippen LogP contribution is -2.41. The van der Waals surface area contributed by atoms with Gasteiger partial charge in [-0.25, -0.2) is 0 Å². The number of nitrogens with zero attached hydrogens (tertiary/aromatic N) is 3. The van der Waals surface area contributed by atoms with E-state index in [1.807, 2.05) is 35.4 Å². The van der Waals surface area contributed by atoms with E-state index in [0.29, 0.717) is 13.1 Å². The first kappa shape index (κ1) is 17.4. The monoisotopic (exact) mass is 353 g/mol. The number of hydrogen-bond donors (Lipinski definition) is 1. The number of pyridine rings is 1. The number of carbonyl (C=O) groups excluding carboxylic acids is 1. The fourth-order valence-electron chi connectivity index (χ4n) is 4.36. The summed E-state index contributed by atoms with van der Waals surface area (Å²) in [7, 11) is 2.11. The molecule has 2 saturated heterocycles. The summed E-state index contributed by atoms with van der Waals surface area (Å²) in [6, 6.07) is 10.1. The van der Waals surface area contributed by atoms with Crippen LogP contribution in [-0.2, 0) is 11.2 Å². The molecule has 0 bridgehead atoms. The van der Waals surface area contributed by atoms with Gasteiger partial charge in [0.25, 0.3) is 0 Å². The van der Waals surface area contributed by atoms with Crippen LogP contribution in [0.4, 0.5) is 0 Å². The summed E-state index contributed by atoms with van der Waals surface area (Å²) in [6.07, 6.45) is 4.03. The number of fused-ring (bicyclic) bond motifs is 1. The summed E-state index contributed by atoms with van der Waals surface area (Å²) in [5.74, 6) is 0.453. The van der Waals surface area contributed by atoms with E-state index in [-0.39, 0.29) is 17.7 Å². The van der Waals surface area contributed by atoms with Crippen molar-refractivity contribution in [2.75, 3.05) is 33.2 Å². The number of carbonyl (C=O) groups is 1. The molecule has 1 amide bonds. The van der Waals surface area contributed by atoms with Crippen molar-refractivity contribution in [1.82, 2.24) is 14.8 Å². The summed E-state index contributed by atoms with van der Waals surface area (Å²) in [4.78, 5) is 21.4. The van der Waals surface area contributed by atoms with Crippen molar-refractivity contribution < 1.29 is 9.90 Å². The maximum Gasteiger partial charge on any atom is 0.225 e. The normalized spacial score (nSPS) is 25.1. The molecule has 138 valence electrons. The summed E-state index contributed by atoms with van der Waals surface area (Å²) < 4.78 is 0. The second-order valence-corrected chi connectivity index (χ2v) is 7.84. The van der Waals surface area contributed by atoms with Crippen molar-refractivity contribution in [3.05, 3.63) is 42.1 Å². The van der Waals surface area contributed by atoms with Crippen LogP contribution in [0.5, 0.6) is 0 Å². The number of para-hydroxylation sites is 1. The number of β-amino-alcohol motifs (C(OH)–C–C–N with tert-alkyl or cyclic N) is 1. The van der Waals surface area contributed by atoms with E-state index in [2.05, 4.69) is 23.0 Å². The van der Waals surface area contributed by atoms with Gasteiger partial charge in [-0.15, -0.1) is 0 Å². The first-order valence-corrected chi connectivity index (χ1v) is 9.60. The van der Waals surface area contributed by atoms with Gasteiger partial charge in [0.05, 0.1) is 11.6 Å². The molecule has 5 nitrogen and oxygen atoms in total. The fraction of sp³-hybridized carbons (Fsp3) is 0.524. The van der Waals surface area contributed by atoms with Crippen LogP contribution in [-0.4, -0.2) is 65.1 Å². The summed E-state index contributed by atoms with van der Waals surface area (Å²) in [5.41, 5.74) is 2.19. The van der Waals surface area contributed by atoms with Gasteiger partial charge >= 0.3 is 0 Å². The van der Waals surface area contributed by atoms with E-state index in [1.54, 1.807) is 0 Å². The lowest BCUT2D eigenvalue weighted by atomic mass is 9.94. The molecule has 0 spiro atoms. The van der Waals surface area contributed by atoms with Crippen molar-refractivity contribution >= 4 is 16.8 Å². The Morgan fingerprint density at radius 1 is 1.19 bits per heavy atom. The van der Waals surface area contributed by atoms with Crippen LogP contribution in [0.15, 0.2) is 36.5 Å². The average Bonchev–Trinajstić information content (AvgIpc) is 3.03. The van der Waals surface area contributed by atoms with Crippen LogP contribution in [0.1, 0.15) is 18.4 Å². The molecule has 4 rings (SSSR count). The SMILES string of the molecule is CN1CCC(C(=O)N2C[C@@H](Cc3ccnc4ccccc34)[C@H](O)C2)CC1. The molecule has 2 aliphatic heterocycles. The number of amides is 1.